The van der Waals surface area contributed by atoms with Gasteiger partial charge in [-0.15, -0.1) is 0 Å². The van der Waals surface area contributed by atoms with Crippen LogP contribution in [0.3, 0.4) is 0 Å². The zero-order valence-corrected chi connectivity index (χ0v) is 17.0. The minimum atomic E-state index is -0.902. The maximum atomic E-state index is 12.0. The van der Waals surface area contributed by atoms with Crippen LogP contribution in [0.5, 0.6) is 0 Å². The first-order chi connectivity index (χ1) is 13.0. The summed E-state index contributed by atoms with van der Waals surface area (Å²) in [7, 11) is 0. The Bertz CT molecular complexity index is 799. The molecule has 0 radical (unpaired) electrons. The number of hydrogen-bond acceptors (Lipinski definition) is 4. The Labute approximate surface area is 166 Å². The highest BCUT2D eigenvalue weighted by atomic mass is 16.6. The molecule has 1 heterocycles. The fraction of sp³-hybridized carbons (Fsp3) is 0.500. The van der Waals surface area contributed by atoms with E-state index in [0.29, 0.717) is 25.9 Å². The molecule has 0 aliphatic carbocycles. The lowest BCUT2D eigenvalue weighted by Gasteiger charge is -2.25. The molecule has 28 heavy (non-hydrogen) atoms. The Morgan fingerprint density at radius 3 is 2.32 bits per heavy atom. The molecule has 0 fully saturated rings. The third-order valence-corrected chi connectivity index (χ3v) is 4.87. The van der Waals surface area contributed by atoms with Crippen molar-refractivity contribution in [1.82, 2.24) is 4.90 Å². The molecule has 1 aliphatic rings. The average molecular weight is 384 g/mol. The number of ether oxygens (including phenoxy) is 1. The predicted octanol–water partition coefficient (Wildman–Crippen LogP) is 4.36. The number of amides is 1. The Morgan fingerprint density at radius 1 is 1.21 bits per heavy atom. The second kappa shape index (κ2) is 8.47. The van der Waals surface area contributed by atoms with Crippen molar-refractivity contribution < 1.29 is 19.4 Å². The molecule has 1 aliphatic heterocycles. The fourth-order valence-electron chi connectivity index (χ4n) is 3.17. The number of hydrogen-bond donors (Lipinski definition) is 1. The van der Waals surface area contributed by atoms with Gasteiger partial charge in [-0.25, -0.2) is 4.79 Å². The highest BCUT2D eigenvalue weighted by Crippen LogP contribution is 2.31. The number of rotatable bonds is 5. The van der Waals surface area contributed by atoms with Crippen LogP contribution in [0.1, 0.15) is 58.1 Å². The summed E-state index contributed by atoms with van der Waals surface area (Å²) in [6.45, 7) is 8.16. The van der Waals surface area contributed by atoms with E-state index in [-0.39, 0.29) is 12.4 Å². The number of carboxylic acid groups (broad SMARTS) is 1. The van der Waals surface area contributed by atoms with Gasteiger partial charge in [0, 0.05) is 19.5 Å². The van der Waals surface area contributed by atoms with Crippen molar-refractivity contribution >= 4 is 17.6 Å². The molecule has 6 heteroatoms. The molecule has 1 aromatic rings. The normalized spacial score (nSPS) is 16.5. The molecule has 6 nitrogen and oxygen atoms in total. The molecule has 0 saturated heterocycles. The van der Waals surface area contributed by atoms with Crippen molar-refractivity contribution in [2.75, 3.05) is 13.1 Å². The summed E-state index contributed by atoms with van der Waals surface area (Å²) in [4.78, 5) is 24.4. The second-order valence-electron chi connectivity index (χ2n) is 8.32. The number of carbonyl (C=O) groups is 2. The fourth-order valence-corrected chi connectivity index (χ4v) is 3.17. The summed E-state index contributed by atoms with van der Waals surface area (Å²) >= 11 is 0. The van der Waals surface area contributed by atoms with Crippen LogP contribution in [0, 0.1) is 11.3 Å². The second-order valence-corrected chi connectivity index (χ2v) is 8.32. The standard InChI is InChI=1S/C22H28N2O4/c1-21(2,3)28-19(25)9-12-22(4,15-23)18-7-5-16(6-8-18)17-10-13-24(14-11-17)20(26)27/h5-8,10H,9,11-14H2,1-4H3,(H,26,27). The van der Waals surface area contributed by atoms with Gasteiger partial charge in [-0.2, -0.15) is 5.26 Å². The molecule has 1 N–H and O–H groups in total. The molecule has 0 bridgehead atoms. The summed E-state index contributed by atoms with van der Waals surface area (Å²) < 4.78 is 5.34. The number of carbonyl (C=O) groups excluding carboxylic acids is 1. The van der Waals surface area contributed by atoms with Gasteiger partial charge < -0.3 is 14.7 Å². The summed E-state index contributed by atoms with van der Waals surface area (Å²) in [5.74, 6) is -0.305. The van der Waals surface area contributed by atoms with Gasteiger partial charge in [0.05, 0.1) is 11.5 Å². The lowest BCUT2D eigenvalue weighted by atomic mass is 9.79. The Balaban J connectivity index is 2.07. The highest BCUT2D eigenvalue weighted by Gasteiger charge is 2.29. The smallest absolute Gasteiger partial charge is 0.407 e. The zero-order chi connectivity index (χ0) is 20.9. The van der Waals surface area contributed by atoms with Gasteiger partial charge in [-0.1, -0.05) is 30.3 Å². The molecule has 0 spiro atoms. The molecule has 0 aromatic heterocycles. The quantitative estimate of drug-likeness (QED) is 0.762. The molecule has 1 unspecified atom stereocenters. The van der Waals surface area contributed by atoms with Gasteiger partial charge in [-0.05, 0) is 57.2 Å². The van der Waals surface area contributed by atoms with Gasteiger partial charge in [0.15, 0.2) is 0 Å². The predicted molar refractivity (Wildman–Crippen MR) is 107 cm³/mol. The van der Waals surface area contributed by atoms with E-state index in [2.05, 4.69) is 6.07 Å². The minimum absolute atomic E-state index is 0.180. The van der Waals surface area contributed by atoms with E-state index >= 15 is 0 Å². The molecule has 150 valence electrons. The lowest BCUT2D eigenvalue weighted by molar-refractivity contribution is -0.155. The van der Waals surface area contributed by atoms with Crippen molar-refractivity contribution in [3.05, 3.63) is 41.5 Å². The number of benzene rings is 1. The largest absolute Gasteiger partial charge is 0.465 e. The summed E-state index contributed by atoms with van der Waals surface area (Å²) in [6, 6.07) is 10.1. The average Bonchev–Trinajstić information content (AvgIpc) is 2.65. The monoisotopic (exact) mass is 384 g/mol. The van der Waals surface area contributed by atoms with Gasteiger partial charge in [-0.3, -0.25) is 4.79 Å². The molecular weight excluding hydrogens is 356 g/mol. The number of nitrogens with zero attached hydrogens (tertiary/aromatic N) is 2. The topological polar surface area (TPSA) is 90.6 Å². The van der Waals surface area contributed by atoms with E-state index in [1.54, 1.807) is 0 Å². The maximum absolute atomic E-state index is 12.0. The zero-order valence-electron chi connectivity index (χ0n) is 17.0. The van der Waals surface area contributed by atoms with Crippen LogP contribution in [0.25, 0.3) is 5.57 Å². The van der Waals surface area contributed by atoms with Crippen LogP contribution in [-0.2, 0) is 14.9 Å². The third-order valence-electron chi connectivity index (χ3n) is 4.87. The van der Waals surface area contributed by atoms with Gasteiger partial charge in [0.1, 0.15) is 5.60 Å². The first-order valence-electron chi connectivity index (χ1n) is 9.45. The molecular formula is C22H28N2O4. The van der Waals surface area contributed by atoms with Crippen molar-refractivity contribution in [3.63, 3.8) is 0 Å². The van der Waals surface area contributed by atoms with Crippen LogP contribution < -0.4 is 0 Å². The van der Waals surface area contributed by atoms with Crippen LogP contribution in [-0.4, -0.2) is 40.8 Å². The Hall–Kier alpha value is -2.81. The highest BCUT2D eigenvalue weighted by molar-refractivity contribution is 5.72. The third kappa shape index (κ3) is 5.59. The Kier molecular flexibility index (Phi) is 6.50. The van der Waals surface area contributed by atoms with Crippen molar-refractivity contribution in [1.29, 1.82) is 5.26 Å². The van der Waals surface area contributed by atoms with Crippen LogP contribution in [0.4, 0.5) is 4.79 Å². The first-order valence-corrected chi connectivity index (χ1v) is 9.45. The number of esters is 1. The van der Waals surface area contributed by atoms with E-state index in [1.807, 2.05) is 58.0 Å². The van der Waals surface area contributed by atoms with E-state index in [0.717, 1.165) is 16.7 Å². The number of nitriles is 1. The molecule has 1 aromatic carbocycles. The van der Waals surface area contributed by atoms with Crippen molar-refractivity contribution in [3.8, 4) is 6.07 Å². The van der Waals surface area contributed by atoms with E-state index in [9.17, 15) is 14.9 Å². The maximum Gasteiger partial charge on any atom is 0.407 e. The molecule has 1 amide bonds. The van der Waals surface area contributed by atoms with Gasteiger partial charge >= 0.3 is 12.1 Å². The molecule has 0 saturated carbocycles. The van der Waals surface area contributed by atoms with Crippen molar-refractivity contribution in [2.24, 2.45) is 0 Å². The summed E-state index contributed by atoms with van der Waals surface area (Å²) in [6.07, 6.45) is 2.26. The molecule has 2 rings (SSSR count). The van der Waals surface area contributed by atoms with Crippen LogP contribution >= 0.6 is 0 Å². The summed E-state index contributed by atoms with van der Waals surface area (Å²) in [5, 5.41) is 18.7. The van der Waals surface area contributed by atoms with Crippen molar-refractivity contribution in [2.45, 2.75) is 58.0 Å². The van der Waals surface area contributed by atoms with E-state index < -0.39 is 17.1 Å². The summed E-state index contributed by atoms with van der Waals surface area (Å²) in [5.41, 5.74) is 1.67. The van der Waals surface area contributed by atoms with Gasteiger partial charge in [0.25, 0.3) is 0 Å². The van der Waals surface area contributed by atoms with Gasteiger partial charge in [0.2, 0.25) is 0 Å². The minimum Gasteiger partial charge on any atom is -0.465 e. The van der Waals surface area contributed by atoms with Crippen LogP contribution in [0.15, 0.2) is 30.3 Å². The Morgan fingerprint density at radius 2 is 1.86 bits per heavy atom. The first kappa shape index (κ1) is 21.5. The lowest BCUT2D eigenvalue weighted by Crippen LogP contribution is -2.33. The SMILES string of the molecule is CC(C)(C)OC(=O)CCC(C)(C#N)c1ccc(C2=CCN(C(=O)O)CC2)cc1. The van der Waals surface area contributed by atoms with E-state index in [4.69, 9.17) is 9.84 Å². The molecule has 1 atom stereocenters. The van der Waals surface area contributed by atoms with E-state index in [1.165, 1.54) is 4.90 Å². The van der Waals surface area contributed by atoms with Crippen LogP contribution in [0.2, 0.25) is 0 Å².